The molecule has 0 saturated carbocycles. The van der Waals surface area contributed by atoms with E-state index in [9.17, 15) is 4.79 Å². The van der Waals surface area contributed by atoms with E-state index in [4.69, 9.17) is 14.2 Å². The maximum Gasteiger partial charge on any atom is 0.222 e. The lowest BCUT2D eigenvalue weighted by Crippen LogP contribution is -2.37. The summed E-state index contributed by atoms with van der Waals surface area (Å²) in [4.78, 5) is 14.9. The van der Waals surface area contributed by atoms with Crippen molar-refractivity contribution in [1.82, 2.24) is 4.90 Å². The Labute approximate surface area is 199 Å². The quantitative estimate of drug-likeness (QED) is 0.455. The van der Waals surface area contributed by atoms with Crippen LogP contribution in [-0.2, 0) is 16.1 Å². The van der Waals surface area contributed by atoms with Gasteiger partial charge >= 0.3 is 0 Å². The summed E-state index contributed by atoms with van der Waals surface area (Å²) in [5, 5.41) is 0. The van der Waals surface area contributed by atoms with Gasteiger partial charge in [-0.3, -0.25) is 4.79 Å². The van der Waals surface area contributed by atoms with Crippen LogP contribution < -0.4 is 9.47 Å². The minimum atomic E-state index is -0.103. The fourth-order valence-corrected chi connectivity index (χ4v) is 5.01. The molecule has 5 heteroatoms. The van der Waals surface area contributed by atoms with Crippen molar-refractivity contribution in [1.29, 1.82) is 0 Å². The van der Waals surface area contributed by atoms with Crippen LogP contribution in [0.2, 0.25) is 0 Å². The number of nitrogens with zero attached hydrogens (tertiary/aromatic N) is 1. The van der Waals surface area contributed by atoms with Crippen molar-refractivity contribution >= 4 is 5.91 Å². The number of hydrogen-bond donors (Lipinski definition) is 0. The second-order valence-corrected chi connectivity index (χ2v) is 9.53. The van der Waals surface area contributed by atoms with Crippen molar-refractivity contribution in [3.05, 3.63) is 59.7 Å². The van der Waals surface area contributed by atoms with Crippen LogP contribution in [0.25, 0.3) is 0 Å². The van der Waals surface area contributed by atoms with Gasteiger partial charge in [-0.25, -0.2) is 0 Å². The van der Waals surface area contributed by atoms with Gasteiger partial charge in [0.05, 0.1) is 19.8 Å². The first-order valence-corrected chi connectivity index (χ1v) is 12.0. The van der Waals surface area contributed by atoms with Crippen LogP contribution in [0.3, 0.4) is 0 Å². The first kappa shape index (κ1) is 25.1. The molecule has 0 radical (unpaired) electrons. The highest BCUT2D eigenvalue weighted by Crippen LogP contribution is 2.40. The van der Waals surface area contributed by atoms with Crippen LogP contribution in [0.15, 0.2) is 48.5 Å². The predicted octanol–water partition coefficient (Wildman–Crippen LogP) is 5.82. The molecule has 0 aromatic heterocycles. The summed E-state index contributed by atoms with van der Waals surface area (Å²) in [6.45, 7) is 8.38. The van der Waals surface area contributed by atoms with E-state index in [1.165, 1.54) is 5.56 Å². The number of benzene rings is 2. The summed E-state index contributed by atoms with van der Waals surface area (Å²) in [6.07, 6.45) is 3.52. The van der Waals surface area contributed by atoms with Gasteiger partial charge in [-0.1, -0.05) is 43.3 Å². The monoisotopic (exact) mass is 453 g/mol. The van der Waals surface area contributed by atoms with E-state index in [1.807, 2.05) is 30.0 Å². The molecule has 2 aromatic rings. The van der Waals surface area contributed by atoms with Crippen molar-refractivity contribution in [2.45, 2.75) is 64.5 Å². The molecule has 0 aliphatic carbocycles. The Kier molecular flexibility index (Phi) is 8.79. The Morgan fingerprint density at radius 1 is 1.12 bits per heavy atom. The lowest BCUT2D eigenvalue weighted by atomic mass is 9.75. The average molecular weight is 454 g/mol. The number of carbonyl (C=O) groups is 1. The minimum Gasteiger partial charge on any atom is -0.493 e. The van der Waals surface area contributed by atoms with E-state index in [-0.39, 0.29) is 11.5 Å². The number of methoxy groups -OCH3 is 2. The maximum absolute atomic E-state index is 12.9. The Morgan fingerprint density at radius 2 is 1.85 bits per heavy atom. The van der Waals surface area contributed by atoms with E-state index in [0.717, 1.165) is 38.0 Å². The SMILES string of the molecule is CCC(=O)N(CC[C@H](c1ccccc1)[C@@H]1CCOC(C)(C)C1)Cc1ccc(OC)c(OC)c1. The van der Waals surface area contributed by atoms with E-state index in [2.05, 4.69) is 44.2 Å². The Morgan fingerprint density at radius 3 is 2.48 bits per heavy atom. The van der Waals surface area contributed by atoms with E-state index >= 15 is 0 Å². The van der Waals surface area contributed by atoms with E-state index < -0.39 is 0 Å². The smallest absolute Gasteiger partial charge is 0.222 e. The molecule has 5 nitrogen and oxygen atoms in total. The first-order valence-electron chi connectivity index (χ1n) is 12.0. The summed E-state index contributed by atoms with van der Waals surface area (Å²) >= 11 is 0. The number of carbonyl (C=O) groups excluding carboxylic acids is 1. The van der Waals surface area contributed by atoms with Gasteiger partial charge in [-0.2, -0.15) is 0 Å². The van der Waals surface area contributed by atoms with Crippen LogP contribution >= 0.6 is 0 Å². The molecule has 1 heterocycles. The van der Waals surface area contributed by atoms with Gasteiger partial charge in [0.1, 0.15) is 0 Å². The predicted molar refractivity (Wildman–Crippen MR) is 132 cm³/mol. The molecule has 33 heavy (non-hydrogen) atoms. The van der Waals surface area contributed by atoms with Crippen LogP contribution in [0, 0.1) is 5.92 Å². The normalized spacial score (nSPS) is 18.4. The van der Waals surface area contributed by atoms with Crippen LogP contribution in [0.4, 0.5) is 0 Å². The van der Waals surface area contributed by atoms with Crippen molar-refractivity contribution in [2.75, 3.05) is 27.4 Å². The molecular formula is C28H39NO4. The molecule has 1 aliphatic rings. The van der Waals surface area contributed by atoms with Gasteiger partial charge in [0.25, 0.3) is 0 Å². The third-order valence-electron chi connectivity index (χ3n) is 6.72. The van der Waals surface area contributed by atoms with Crippen LogP contribution in [0.1, 0.15) is 63.5 Å². The lowest BCUT2D eigenvalue weighted by Gasteiger charge is -2.40. The largest absolute Gasteiger partial charge is 0.493 e. The fraction of sp³-hybridized carbons (Fsp3) is 0.536. The number of amides is 1. The Hall–Kier alpha value is -2.53. The number of rotatable bonds is 10. The Balaban J connectivity index is 1.78. The molecule has 0 unspecified atom stereocenters. The second kappa shape index (κ2) is 11.6. The highest BCUT2D eigenvalue weighted by atomic mass is 16.5. The van der Waals surface area contributed by atoms with Gasteiger partial charge in [0.15, 0.2) is 11.5 Å². The van der Waals surface area contributed by atoms with Crippen molar-refractivity contribution in [3.63, 3.8) is 0 Å². The molecule has 1 saturated heterocycles. The Bertz CT molecular complexity index is 896. The summed E-state index contributed by atoms with van der Waals surface area (Å²) in [6, 6.07) is 16.6. The topological polar surface area (TPSA) is 48.0 Å². The lowest BCUT2D eigenvalue weighted by molar-refractivity contribution is -0.131. The zero-order valence-corrected chi connectivity index (χ0v) is 20.8. The summed E-state index contributed by atoms with van der Waals surface area (Å²) in [5.41, 5.74) is 2.29. The second-order valence-electron chi connectivity index (χ2n) is 9.53. The third kappa shape index (κ3) is 6.73. The molecule has 0 bridgehead atoms. The highest BCUT2D eigenvalue weighted by molar-refractivity contribution is 5.75. The van der Waals surface area contributed by atoms with E-state index in [0.29, 0.717) is 36.3 Å². The minimum absolute atomic E-state index is 0.103. The molecule has 2 atom stereocenters. The summed E-state index contributed by atoms with van der Waals surface area (Å²) < 4.78 is 16.8. The van der Waals surface area contributed by atoms with Gasteiger partial charge in [0.2, 0.25) is 5.91 Å². The summed E-state index contributed by atoms with van der Waals surface area (Å²) in [7, 11) is 3.27. The van der Waals surface area contributed by atoms with Crippen molar-refractivity contribution in [2.24, 2.45) is 5.92 Å². The molecule has 2 aromatic carbocycles. The maximum atomic E-state index is 12.9. The fourth-order valence-electron chi connectivity index (χ4n) is 5.01. The van der Waals surface area contributed by atoms with Crippen LogP contribution in [0.5, 0.6) is 11.5 Å². The van der Waals surface area contributed by atoms with E-state index in [1.54, 1.807) is 14.2 Å². The highest BCUT2D eigenvalue weighted by Gasteiger charge is 2.34. The standard InChI is InChI=1S/C28H39NO4/c1-6-27(30)29(20-21-12-13-25(31-4)26(18-21)32-5)16-14-24(22-10-8-7-9-11-22)23-15-17-33-28(2,3)19-23/h7-13,18,23-24H,6,14-17,19-20H2,1-5H3/t23-,24-/m1/s1. The molecule has 1 aliphatic heterocycles. The molecule has 3 rings (SSSR count). The molecule has 1 amide bonds. The number of hydrogen-bond acceptors (Lipinski definition) is 4. The van der Waals surface area contributed by atoms with Crippen molar-refractivity contribution < 1.29 is 19.0 Å². The van der Waals surface area contributed by atoms with Gasteiger partial charge < -0.3 is 19.1 Å². The van der Waals surface area contributed by atoms with Crippen molar-refractivity contribution in [3.8, 4) is 11.5 Å². The van der Waals surface area contributed by atoms with Gasteiger partial charge in [0, 0.05) is 26.1 Å². The zero-order chi connectivity index (χ0) is 23.8. The summed E-state index contributed by atoms with van der Waals surface area (Å²) in [5.74, 6) is 2.48. The molecule has 0 N–H and O–H groups in total. The first-order chi connectivity index (χ1) is 15.9. The molecule has 0 spiro atoms. The molecular weight excluding hydrogens is 414 g/mol. The average Bonchev–Trinajstić information content (AvgIpc) is 2.82. The molecule has 180 valence electrons. The molecule has 1 fully saturated rings. The zero-order valence-electron chi connectivity index (χ0n) is 20.8. The van der Waals surface area contributed by atoms with Crippen LogP contribution in [-0.4, -0.2) is 43.8 Å². The third-order valence-corrected chi connectivity index (χ3v) is 6.72. The number of ether oxygens (including phenoxy) is 3. The van der Waals surface area contributed by atoms with Gasteiger partial charge in [-0.15, -0.1) is 0 Å². The van der Waals surface area contributed by atoms with Gasteiger partial charge in [-0.05, 0) is 68.2 Å².